The lowest BCUT2D eigenvalue weighted by Gasteiger charge is -2.33. The topological polar surface area (TPSA) is 42.9 Å². The van der Waals surface area contributed by atoms with Crippen LogP contribution in [0.15, 0.2) is 35.3 Å². The Bertz CT molecular complexity index is 551. The minimum absolute atomic E-state index is 0.533. The second-order valence-electron chi connectivity index (χ2n) is 7.82. The van der Waals surface area contributed by atoms with Gasteiger partial charge in [-0.15, -0.1) is 0 Å². The van der Waals surface area contributed by atoms with E-state index in [1.54, 1.807) is 0 Å². The van der Waals surface area contributed by atoms with E-state index in [9.17, 15) is 0 Å². The average molecular weight is 358 g/mol. The first-order valence-corrected chi connectivity index (χ1v) is 10.2. The van der Waals surface area contributed by atoms with Gasteiger partial charge in [-0.3, -0.25) is 9.89 Å². The zero-order valence-electron chi connectivity index (χ0n) is 16.5. The van der Waals surface area contributed by atoms with Crippen LogP contribution in [0.1, 0.15) is 31.7 Å². The van der Waals surface area contributed by atoms with Gasteiger partial charge in [0.25, 0.3) is 0 Å². The second kappa shape index (κ2) is 9.93. The first-order chi connectivity index (χ1) is 12.7. The van der Waals surface area contributed by atoms with Crippen molar-refractivity contribution < 1.29 is 0 Å². The van der Waals surface area contributed by atoms with Crippen LogP contribution in [-0.4, -0.2) is 68.1 Å². The van der Waals surface area contributed by atoms with Crippen molar-refractivity contribution in [2.45, 2.75) is 38.8 Å². The quantitative estimate of drug-likeness (QED) is 0.605. The number of benzene rings is 1. The Morgan fingerprint density at radius 1 is 1.12 bits per heavy atom. The first-order valence-electron chi connectivity index (χ1n) is 10.2. The zero-order valence-corrected chi connectivity index (χ0v) is 16.5. The average Bonchev–Trinajstić information content (AvgIpc) is 3.08. The van der Waals surface area contributed by atoms with E-state index >= 15 is 0 Å². The third-order valence-electron chi connectivity index (χ3n) is 5.52. The van der Waals surface area contributed by atoms with Crippen LogP contribution in [0.3, 0.4) is 0 Å². The summed E-state index contributed by atoms with van der Waals surface area (Å²) in [7, 11) is 2.20. The minimum Gasteiger partial charge on any atom is -0.357 e. The summed E-state index contributed by atoms with van der Waals surface area (Å²) in [4.78, 5) is 9.83. The van der Waals surface area contributed by atoms with Crippen molar-refractivity contribution in [3.8, 4) is 0 Å². The van der Waals surface area contributed by atoms with Crippen molar-refractivity contribution in [1.29, 1.82) is 0 Å². The van der Waals surface area contributed by atoms with Crippen molar-refractivity contribution >= 4 is 5.96 Å². The Labute approximate surface area is 158 Å². The molecule has 0 bridgehead atoms. The molecule has 2 aliphatic heterocycles. The van der Waals surface area contributed by atoms with Crippen LogP contribution in [0.5, 0.6) is 0 Å². The number of hydrogen-bond acceptors (Lipinski definition) is 3. The van der Waals surface area contributed by atoms with Gasteiger partial charge in [-0.25, -0.2) is 0 Å². The molecule has 0 aromatic heterocycles. The molecule has 2 heterocycles. The highest BCUT2D eigenvalue weighted by Crippen LogP contribution is 2.15. The molecule has 2 fully saturated rings. The molecule has 0 radical (unpaired) electrons. The molecule has 0 aliphatic carbocycles. The van der Waals surface area contributed by atoms with Gasteiger partial charge in [-0.2, -0.15) is 0 Å². The standard InChI is InChI=1S/C21H35N5/c1-3-22-21(23-15-19-9-12-25(2)16-19)24-20-10-13-26(14-11-20)17-18-7-5-4-6-8-18/h4-8,19-20H,3,9-17H2,1-2H3,(H2,22,23,24). The summed E-state index contributed by atoms with van der Waals surface area (Å²) in [5.74, 6) is 1.71. The number of guanidine groups is 1. The van der Waals surface area contributed by atoms with Gasteiger partial charge in [-0.05, 0) is 51.3 Å². The van der Waals surface area contributed by atoms with Gasteiger partial charge in [0.2, 0.25) is 0 Å². The summed E-state index contributed by atoms with van der Waals surface area (Å²) in [6.07, 6.45) is 3.64. The number of piperidine rings is 1. The van der Waals surface area contributed by atoms with E-state index in [0.29, 0.717) is 12.0 Å². The molecule has 0 spiro atoms. The SMILES string of the molecule is CCNC(=NCC1CCN(C)C1)NC1CCN(Cc2ccccc2)CC1. The van der Waals surface area contributed by atoms with Crippen LogP contribution in [0.2, 0.25) is 0 Å². The molecule has 2 saturated heterocycles. The minimum atomic E-state index is 0.533. The van der Waals surface area contributed by atoms with Crippen LogP contribution in [0.25, 0.3) is 0 Å². The van der Waals surface area contributed by atoms with Crippen LogP contribution < -0.4 is 10.6 Å². The van der Waals surface area contributed by atoms with Gasteiger partial charge >= 0.3 is 0 Å². The fourth-order valence-electron chi connectivity index (χ4n) is 3.99. The van der Waals surface area contributed by atoms with E-state index in [1.165, 1.54) is 37.9 Å². The van der Waals surface area contributed by atoms with Crippen LogP contribution >= 0.6 is 0 Å². The molecule has 1 aromatic rings. The Kier molecular flexibility index (Phi) is 7.32. The molecule has 3 rings (SSSR count). The lowest BCUT2D eigenvalue weighted by atomic mass is 10.0. The van der Waals surface area contributed by atoms with Crippen LogP contribution in [0.4, 0.5) is 0 Å². The monoisotopic (exact) mass is 357 g/mol. The highest BCUT2D eigenvalue weighted by molar-refractivity contribution is 5.80. The van der Waals surface area contributed by atoms with Gasteiger partial charge in [-0.1, -0.05) is 30.3 Å². The van der Waals surface area contributed by atoms with E-state index in [1.807, 2.05) is 0 Å². The van der Waals surface area contributed by atoms with Gasteiger partial charge in [0.05, 0.1) is 0 Å². The fraction of sp³-hybridized carbons (Fsp3) is 0.667. The Hall–Kier alpha value is -1.59. The summed E-state index contributed by atoms with van der Waals surface area (Å²) in [5, 5.41) is 7.10. The smallest absolute Gasteiger partial charge is 0.191 e. The van der Waals surface area contributed by atoms with Crippen molar-refractivity contribution in [2.24, 2.45) is 10.9 Å². The van der Waals surface area contributed by atoms with Crippen molar-refractivity contribution in [1.82, 2.24) is 20.4 Å². The van der Waals surface area contributed by atoms with Gasteiger partial charge in [0.1, 0.15) is 0 Å². The number of hydrogen-bond donors (Lipinski definition) is 2. The fourth-order valence-corrected chi connectivity index (χ4v) is 3.99. The van der Waals surface area contributed by atoms with E-state index in [2.05, 4.69) is 64.7 Å². The Balaban J connectivity index is 1.43. The largest absolute Gasteiger partial charge is 0.357 e. The van der Waals surface area contributed by atoms with Gasteiger partial charge in [0, 0.05) is 45.3 Å². The zero-order chi connectivity index (χ0) is 18.2. The Morgan fingerprint density at radius 3 is 2.54 bits per heavy atom. The maximum atomic E-state index is 4.86. The molecule has 0 saturated carbocycles. The highest BCUT2D eigenvalue weighted by Gasteiger charge is 2.21. The molecule has 26 heavy (non-hydrogen) atoms. The predicted octanol–water partition coefficient (Wildman–Crippen LogP) is 2.16. The summed E-state index contributed by atoms with van der Waals surface area (Å²) >= 11 is 0. The van der Waals surface area contributed by atoms with Gasteiger partial charge in [0.15, 0.2) is 5.96 Å². The molecular weight excluding hydrogens is 322 g/mol. The maximum Gasteiger partial charge on any atom is 0.191 e. The van der Waals surface area contributed by atoms with E-state index in [4.69, 9.17) is 4.99 Å². The molecule has 0 amide bonds. The van der Waals surface area contributed by atoms with Gasteiger partial charge < -0.3 is 15.5 Å². The lowest BCUT2D eigenvalue weighted by Crippen LogP contribution is -2.48. The van der Waals surface area contributed by atoms with Crippen molar-refractivity contribution in [2.75, 3.05) is 46.3 Å². The van der Waals surface area contributed by atoms with Crippen molar-refractivity contribution in [3.63, 3.8) is 0 Å². The van der Waals surface area contributed by atoms with Crippen LogP contribution in [0, 0.1) is 5.92 Å². The molecule has 5 heteroatoms. The number of nitrogens with one attached hydrogen (secondary N) is 2. The summed E-state index contributed by atoms with van der Waals surface area (Å²) in [6, 6.07) is 11.3. The predicted molar refractivity (Wildman–Crippen MR) is 109 cm³/mol. The number of nitrogens with zero attached hydrogens (tertiary/aromatic N) is 3. The molecule has 1 atom stereocenters. The number of aliphatic imine (C=N–C) groups is 1. The number of likely N-dealkylation sites (tertiary alicyclic amines) is 2. The maximum absolute atomic E-state index is 4.86. The lowest BCUT2D eigenvalue weighted by molar-refractivity contribution is 0.198. The summed E-state index contributed by atoms with van der Waals surface area (Å²) < 4.78 is 0. The Morgan fingerprint density at radius 2 is 1.88 bits per heavy atom. The molecule has 1 aromatic carbocycles. The molecule has 144 valence electrons. The number of rotatable bonds is 6. The summed E-state index contributed by atoms with van der Waals surface area (Å²) in [5.41, 5.74) is 1.41. The van der Waals surface area contributed by atoms with E-state index < -0.39 is 0 Å². The van der Waals surface area contributed by atoms with E-state index in [-0.39, 0.29) is 0 Å². The van der Waals surface area contributed by atoms with Crippen LogP contribution in [-0.2, 0) is 6.54 Å². The highest BCUT2D eigenvalue weighted by atomic mass is 15.2. The normalized spacial score (nSPS) is 23.3. The molecule has 2 N–H and O–H groups in total. The molecule has 2 aliphatic rings. The van der Waals surface area contributed by atoms with Crippen molar-refractivity contribution in [3.05, 3.63) is 35.9 Å². The first kappa shape index (κ1) is 19.2. The molecule has 1 unspecified atom stereocenters. The third-order valence-corrected chi connectivity index (χ3v) is 5.52. The second-order valence-corrected chi connectivity index (χ2v) is 7.82. The van der Waals surface area contributed by atoms with E-state index in [0.717, 1.165) is 38.7 Å². The molecular formula is C21H35N5. The molecule has 5 nitrogen and oxygen atoms in total. The summed E-state index contributed by atoms with van der Waals surface area (Å²) in [6.45, 7) is 9.76. The third kappa shape index (κ3) is 5.99.